The molecule has 0 aliphatic carbocycles. The average molecular weight is 294 g/mol. The van der Waals surface area contributed by atoms with E-state index in [9.17, 15) is 0 Å². The fraction of sp³-hybridized carbons (Fsp3) is 0.533. The highest BCUT2D eigenvalue weighted by atomic mass is 32.1. The molecule has 0 saturated carbocycles. The number of methoxy groups -OCH3 is 2. The highest BCUT2D eigenvalue weighted by Gasteiger charge is 2.19. The number of rotatable bonds is 3. The molecule has 0 amide bonds. The van der Waals surface area contributed by atoms with Crippen molar-refractivity contribution in [2.45, 2.75) is 19.8 Å². The molecular formula is C15H22N2O2S. The topological polar surface area (TPSA) is 33.7 Å². The summed E-state index contributed by atoms with van der Waals surface area (Å²) in [7, 11) is 3.30. The van der Waals surface area contributed by atoms with Crippen LogP contribution in [0.3, 0.4) is 0 Å². The minimum absolute atomic E-state index is 0.690. The SMILES string of the molecule is COc1ccc(OC)c(NC(=S)N2CCCC(C)C2)c1. The first-order valence-electron chi connectivity index (χ1n) is 6.92. The minimum atomic E-state index is 0.690. The zero-order chi connectivity index (χ0) is 14.5. The van der Waals surface area contributed by atoms with Gasteiger partial charge in [0, 0.05) is 19.2 Å². The molecule has 0 bridgehead atoms. The van der Waals surface area contributed by atoms with Crippen LogP contribution in [0.4, 0.5) is 5.69 Å². The Morgan fingerprint density at radius 2 is 2.15 bits per heavy atom. The molecule has 1 heterocycles. The number of thiocarbonyl (C=S) groups is 1. The Kier molecular flexibility index (Phi) is 5.06. The number of benzene rings is 1. The van der Waals surface area contributed by atoms with Crippen LogP contribution in [0, 0.1) is 5.92 Å². The maximum Gasteiger partial charge on any atom is 0.173 e. The number of nitrogens with one attached hydrogen (secondary N) is 1. The van der Waals surface area contributed by atoms with Crippen LogP contribution in [0.25, 0.3) is 0 Å². The molecular weight excluding hydrogens is 272 g/mol. The second kappa shape index (κ2) is 6.79. The van der Waals surface area contributed by atoms with Crippen LogP contribution in [0.2, 0.25) is 0 Å². The van der Waals surface area contributed by atoms with Gasteiger partial charge in [0.15, 0.2) is 5.11 Å². The Morgan fingerprint density at radius 1 is 1.35 bits per heavy atom. The van der Waals surface area contributed by atoms with Crippen molar-refractivity contribution in [3.63, 3.8) is 0 Å². The number of piperidine rings is 1. The summed E-state index contributed by atoms with van der Waals surface area (Å²) in [4.78, 5) is 2.22. The highest BCUT2D eigenvalue weighted by molar-refractivity contribution is 7.80. The Morgan fingerprint density at radius 3 is 2.80 bits per heavy atom. The van der Waals surface area contributed by atoms with Gasteiger partial charge in [0.05, 0.1) is 19.9 Å². The van der Waals surface area contributed by atoms with Gasteiger partial charge in [0.1, 0.15) is 11.5 Å². The van der Waals surface area contributed by atoms with Crippen molar-refractivity contribution in [2.75, 3.05) is 32.6 Å². The first-order valence-corrected chi connectivity index (χ1v) is 7.33. The van der Waals surface area contributed by atoms with Gasteiger partial charge in [-0.15, -0.1) is 0 Å². The summed E-state index contributed by atoms with van der Waals surface area (Å²) < 4.78 is 10.6. The fourth-order valence-corrected chi connectivity index (χ4v) is 2.76. The zero-order valence-electron chi connectivity index (χ0n) is 12.3. The largest absolute Gasteiger partial charge is 0.497 e. The van der Waals surface area contributed by atoms with E-state index in [1.165, 1.54) is 12.8 Å². The molecule has 1 saturated heterocycles. The van der Waals surface area contributed by atoms with E-state index in [2.05, 4.69) is 17.1 Å². The lowest BCUT2D eigenvalue weighted by molar-refractivity contribution is 0.276. The van der Waals surface area contributed by atoms with Crippen LogP contribution < -0.4 is 14.8 Å². The molecule has 2 rings (SSSR count). The first-order chi connectivity index (χ1) is 9.63. The number of hydrogen-bond acceptors (Lipinski definition) is 3. The average Bonchev–Trinajstić information content (AvgIpc) is 2.47. The van der Waals surface area contributed by atoms with Gasteiger partial charge in [0.2, 0.25) is 0 Å². The summed E-state index contributed by atoms with van der Waals surface area (Å²) in [6, 6.07) is 5.65. The molecule has 110 valence electrons. The first kappa shape index (κ1) is 14.9. The lowest BCUT2D eigenvalue weighted by Gasteiger charge is -2.33. The summed E-state index contributed by atoms with van der Waals surface area (Å²) in [6.07, 6.45) is 2.47. The molecule has 1 N–H and O–H groups in total. The minimum Gasteiger partial charge on any atom is -0.497 e. The monoisotopic (exact) mass is 294 g/mol. The molecule has 1 aliphatic rings. The van der Waals surface area contributed by atoms with E-state index in [-0.39, 0.29) is 0 Å². The second-order valence-corrected chi connectivity index (χ2v) is 5.58. The van der Waals surface area contributed by atoms with Crippen molar-refractivity contribution in [1.29, 1.82) is 0 Å². The predicted octanol–water partition coefficient (Wildman–Crippen LogP) is 3.13. The Bertz CT molecular complexity index is 479. The summed E-state index contributed by atoms with van der Waals surface area (Å²) in [5, 5.41) is 4.03. The normalized spacial score (nSPS) is 18.6. The van der Waals surface area contributed by atoms with Gasteiger partial charge < -0.3 is 19.7 Å². The van der Waals surface area contributed by atoms with Crippen molar-refractivity contribution >= 4 is 23.0 Å². The third-order valence-corrected chi connectivity index (χ3v) is 3.95. The fourth-order valence-electron chi connectivity index (χ4n) is 2.48. The third-order valence-electron chi connectivity index (χ3n) is 3.59. The summed E-state index contributed by atoms with van der Waals surface area (Å²) in [6.45, 7) is 4.29. The Balaban J connectivity index is 2.10. The van der Waals surface area contributed by atoms with E-state index in [1.807, 2.05) is 18.2 Å². The number of likely N-dealkylation sites (tertiary alicyclic amines) is 1. The van der Waals surface area contributed by atoms with Crippen molar-refractivity contribution in [2.24, 2.45) is 5.92 Å². The van der Waals surface area contributed by atoms with Crippen molar-refractivity contribution in [3.05, 3.63) is 18.2 Å². The highest BCUT2D eigenvalue weighted by Crippen LogP contribution is 2.29. The van der Waals surface area contributed by atoms with Crippen LogP contribution in [-0.4, -0.2) is 37.3 Å². The molecule has 4 nitrogen and oxygen atoms in total. The van der Waals surface area contributed by atoms with Crippen LogP contribution in [0.15, 0.2) is 18.2 Å². The summed E-state index contributed by atoms with van der Waals surface area (Å²) >= 11 is 5.51. The molecule has 1 aliphatic heterocycles. The van der Waals surface area contributed by atoms with Gasteiger partial charge in [-0.3, -0.25) is 0 Å². The maximum absolute atomic E-state index is 5.51. The van der Waals surface area contributed by atoms with Crippen LogP contribution in [-0.2, 0) is 0 Å². The predicted molar refractivity (Wildman–Crippen MR) is 85.7 cm³/mol. The van der Waals surface area contributed by atoms with Crippen LogP contribution >= 0.6 is 12.2 Å². The Hall–Kier alpha value is -1.49. The molecule has 1 unspecified atom stereocenters. The molecule has 5 heteroatoms. The lowest BCUT2D eigenvalue weighted by atomic mass is 10.0. The molecule has 1 aromatic carbocycles. The molecule has 0 aromatic heterocycles. The Labute approximate surface area is 126 Å². The smallest absolute Gasteiger partial charge is 0.173 e. The van der Waals surface area contributed by atoms with Gasteiger partial charge >= 0.3 is 0 Å². The van der Waals surface area contributed by atoms with E-state index >= 15 is 0 Å². The molecule has 0 radical (unpaired) electrons. The van der Waals surface area contributed by atoms with E-state index in [0.717, 1.165) is 35.4 Å². The standard InChI is InChI=1S/C15H22N2O2S/c1-11-5-4-8-17(10-11)15(20)16-13-9-12(18-2)6-7-14(13)19-3/h6-7,9,11H,4-5,8,10H2,1-3H3,(H,16,20). The van der Waals surface area contributed by atoms with Gasteiger partial charge in [-0.25, -0.2) is 0 Å². The van der Waals surface area contributed by atoms with Gasteiger partial charge in [0.25, 0.3) is 0 Å². The number of hydrogen-bond donors (Lipinski definition) is 1. The van der Waals surface area contributed by atoms with Gasteiger partial charge in [-0.1, -0.05) is 6.92 Å². The number of anilines is 1. The van der Waals surface area contributed by atoms with Crippen molar-refractivity contribution in [3.8, 4) is 11.5 Å². The number of ether oxygens (including phenoxy) is 2. The van der Waals surface area contributed by atoms with Crippen LogP contribution in [0.5, 0.6) is 11.5 Å². The van der Waals surface area contributed by atoms with E-state index in [0.29, 0.717) is 5.92 Å². The summed E-state index contributed by atoms with van der Waals surface area (Å²) in [5.41, 5.74) is 0.843. The second-order valence-electron chi connectivity index (χ2n) is 5.19. The van der Waals surface area contributed by atoms with E-state index in [1.54, 1.807) is 14.2 Å². The van der Waals surface area contributed by atoms with Crippen molar-refractivity contribution in [1.82, 2.24) is 4.90 Å². The summed E-state index contributed by atoms with van der Waals surface area (Å²) in [5.74, 6) is 2.23. The van der Waals surface area contributed by atoms with E-state index < -0.39 is 0 Å². The molecule has 1 fully saturated rings. The van der Waals surface area contributed by atoms with Gasteiger partial charge in [-0.2, -0.15) is 0 Å². The third kappa shape index (κ3) is 3.54. The maximum atomic E-state index is 5.51. The molecule has 20 heavy (non-hydrogen) atoms. The van der Waals surface area contributed by atoms with Crippen LogP contribution in [0.1, 0.15) is 19.8 Å². The number of nitrogens with zero attached hydrogens (tertiary/aromatic N) is 1. The molecule has 0 spiro atoms. The van der Waals surface area contributed by atoms with Gasteiger partial charge in [-0.05, 0) is 43.1 Å². The zero-order valence-corrected chi connectivity index (χ0v) is 13.1. The van der Waals surface area contributed by atoms with Crippen molar-refractivity contribution < 1.29 is 9.47 Å². The molecule has 1 aromatic rings. The van der Waals surface area contributed by atoms with E-state index in [4.69, 9.17) is 21.7 Å². The molecule has 1 atom stereocenters. The lowest BCUT2D eigenvalue weighted by Crippen LogP contribution is -2.41. The quantitative estimate of drug-likeness (QED) is 0.866.